The fourth-order valence-corrected chi connectivity index (χ4v) is 2.16. The first-order chi connectivity index (χ1) is 7.65. The van der Waals surface area contributed by atoms with Crippen molar-refractivity contribution in [3.63, 3.8) is 0 Å². The Hall–Kier alpha value is -1.13. The van der Waals surface area contributed by atoms with E-state index >= 15 is 0 Å². The van der Waals surface area contributed by atoms with Crippen molar-refractivity contribution in [2.24, 2.45) is 11.7 Å². The van der Waals surface area contributed by atoms with Crippen LogP contribution in [0.5, 0.6) is 0 Å². The minimum Gasteiger partial charge on any atom is -0.369 e. The Morgan fingerprint density at radius 2 is 2.50 bits per heavy atom. The molecule has 1 amide bonds. The highest BCUT2D eigenvalue weighted by atomic mass is 35.5. The van der Waals surface area contributed by atoms with E-state index in [2.05, 4.69) is 9.88 Å². The maximum atomic E-state index is 11.0. The molecule has 4 nitrogen and oxygen atoms in total. The minimum atomic E-state index is -0.207. The maximum Gasteiger partial charge on any atom is 0.221 e. The number of amides is 1. The fraction of sp³-hybridized carbons (Fsp3) is 0.455. The Bertz CT molecular complexity index is 397. The van der Waals surface area contributed by atoms with Crippen LogP contribution >= 0.6 is 11.6 Å². The quantitative estimate of drug-likeness (QED) is 0.858. The number of hydrogen-bond donors (Lipinski definition) is 1. The van der Waals surface area contributed by atoms with Gasteiger partial charge in [0.05, 0.1) is 11.6 Å². The SMILES string of the molecule is NC(=O)C1CCN(Cc2cc(Cl)ccn2)C1. The highest BCUT2D eigenvalue weighted by molar-refractivity contribution is 6.30. The molecule has 1 aromatic rings. The predicted octanol–water partition coefficient (Wildman–Crippen LogP) is 1.04. The molecule has 2 heterocycles. The van der Waals surface area contributed by atoms with Gasteiger partial charge in [0.25, 0.3) is 0 Å². The number of hydrogen-bond acceptors (Lipinski definition) is 3. The molecule has 0 bridgehead atoms. The maximum absolute atomic E-state index is 11.0. The molecule has 0 spiro atoms. The largest absolute Gasteiger partial charge is 0.369 e. The number of nitrogens with zero attached hydrogens (tertiary/aromatic N) is 2. The van der Waals surface area contributed by atoms with Crippen LogP contribution in [0.3, 0.4) is 0 Å². The summed E-state index contributed by atoms with van der Waals surface area (Å²) in [6, 6.07) is 3.60. The van der Waals surface area contributed by atoms with Crippen molar-refractivity contribution < 1.29 is 4.79 Å². The highest BCUT2D eigenvalue weighted by Gasteiger charge is 2.26. The topological polar surface area (TPSA) is 59.2 Å². The lowest BCUT2D eigenvalue weighted by Crippen LogP contribution is -2.27. The summed E-state index contributed by atoms with van der Waals surface area (Å²) in [7, 11) is 0. The standard InChI is InChI=1S/C11H14ClN3O/c12-9-1-3-14-10(5-9)7-15-4-2-8(6-15)11(13)16/h1,3,5,8H,2,4,6-7H2,(H2,13,16). The summed E-state index contributed by atoms with van der Waals surface area (Å²) in [6.07, 6.45) is 2.54. The van der Waals surface area contributed by atoms with E-state index in [-0.39, 0.29) is 11.8 Å². The highest BCUT2D eigenvalue weighted by Crippen LogP contribution is 2.18. The van der Waals surface area contributed by atoms with Gasteiger partial charge in [-0.3, -0.25) is 14.7 Å². The summed E-state index contributed by atoms with van der Waals surface area (Å²) in [6.45, 7) is 2.34. The molecule has 2 rings (SSSR count). The van der Waals surface area contributed by atoms with E-state index in [1.165, 1.54) is 0 Å². The van der Waals surface area contributed by atoms with Gasteiger partial charge in [0.2, 0.25) is 5.91 Å². The summed E-state index contributed by atoms with van der Waals surface area (Å²) < 4.78 is 0. The van der Waals surface area contributed by atoms with E-state index in [1.54, 1.807) is 12.3 Å². The van der Waals surface area contributed by atoms with Crippen molar-refractivity contribution in [1.29, 1.82) is 0 Å². The Labute approximate surface area is 99.4 Å². The molecule has 1 atom stereocenters. The molecule has 1 aliphatic heterocycles. The summed E-state index contributed by atoms with van der Waals surface area (Å²) in [5.74, 6) is -0.222. The minimum absolute atomic E-state index is 0.0146. The number of likely N-dealkylation sites (tertiary alicyclic amines) is 1. The first-order valence-corrected chi connectivity index (χ1v) is 5.65. The van der Waals surface area contributed by atoms with E-state index < -0.39 is 0 Å². The van der Waals surface area contributed by atoms with Crippen molar-refractivity contribution in [3.05, 3.63) is 29.0 Å². The summed E-state index contributed by atoms with van der Waals surface area (Å²) in [4.78, 5) is 17.4. The third-order valence-corrected chi connectivity index (χ3v) is 3.07. The van der Waals surface area contributed by atoms with E-state index in [0.717, 1.165) is 31.7 Å². The molecule has 0 aliphatic carbocycles. The van der Waals surface area contributed by atoms with Crippen LogP contribution in [0, 0.1) is 5.92 Å². The van der Waals surface area contributed by atoms with Crippen LogP contribution in [-0.2, 0) is 11.3 Å². The van der Waals surface area contributed by atoms with Crippen LogP contribution in [0.1, 0.15) is 12.1 Å². The summed E-state index contributed by atoms with van der Waals surface area (Å²) in [5.41, 5.74) is 6.20. The molecule has 86 valence electrons. The smallest absolute Gasteiger partial charge is 0.221 e. The molecule has 1 saturated heterocycles. The number of halogens is 1. The van der Waals surface area contributed by atoms with E-state index in [4.69, 9.17) is 17.3 Å². The molecule has 1 aromatic heterocycles. The van der Waals surface area contributed by atoms with Crippen LogP contribution in [-0.4, -0.2) is 28.9 Å². The van der Waals surface area contributed by atoms with Crippen molar-refractivity contribution in [3.8, 4) is 0 Å². The fourth-order valence-electron chi connectivity index (χ4n) is 1.97. The van der Waals surface area contributed by atoms with Crippen LogP contribution < -0.4 is 5.73 Å². The molecular weight excluding hydrogens is 226 g/mol. The zero-order chi connectivity index (χ0) is 11.5. The van der Waals surface area contributed by atoms with E-state index in [9.17, 15) is 4.79 Å². The number of carbonyl (C=O) groups excluding carboxylic acids is 1. The van der Waals surface area contributed by atoms with Gasteiger partial charge in [0, 0.05) is 24.3 Å². The number of rotatable bonds is 3. The zero-order valence-electron chi connectivity index (χ0n) is 8.90. The molecule has 0 saturated carbocycles. The molecule has 5 heteroatoms. The third-order valence-electron chi connectivity index (χ3n) is 2.84. The van der Waals surface area contributed by atoms with Crippen molar-refractivity contribution >= 4 is 17.5 Å². The lowest BCUT2D eigenvalue weighted by atomic mass is 10.1. The third kappa shape index (κ3) is 2.71. The van der Waals surface area contributed by atoms with Crippen LogP contribution in [0.2, 0.25) is 5.02 Å². The Morgan fingerprint density at radius 3 is 3.12 bits per heavy atom. The van der Waals surface area contributed by atoms with Crippen LogP contribution in [0.15, 0.2) is 18.3 Å². The Kier molecular flexibility index (Phi) is 3.41. The van der Waals surface area contributed by atoms with E-state index in [1.807, 2.05) is 6.07 Å². The van der Waals surface area contributed by atoms with Gasteiger partial charge in [0.1, 0.15) is 0 Å². The van der Waals surface area contributed by atoms with Gasteiger partial charge in [-0.1, -0.05) is 11.6 Å². The number of pyridine rings is 1. The molecule has 0 radical (unpaired) electrons. The molecule has 1 unspecified atom stereocenters. The molecule has 0 aromatic carbocycles. The van der Waals surface area contributed by atoms with Gasteiger partial charge in [-0.15, -0.1) is 0 Å². The van der Waals surface area contributed by atoms with Gasteiger partial charge in [-0.05, 0) is 25.1 Å². The normalized spacial score (nSPS) is 21.2. The Balaban J connectivity index is 1.94. The van der Waals surface area contributed by atoms with Gasteiger partial charge >= 0.3 is 0 Å². The van der Waals surface area contributed by atoms with Crippen LogP contribution in [0.25, 0.3) is 0 Å². The number of carbonyl (C=O) groups is 1. The van der Waals surface area contributed by atoms with Gasteiger partial charge < -0.3 is 5.73 Å². The second-order valence-electron chi connectivity index (χ2n) is 4.09. The number of primary amides is 1. The summed E-state index contributed by atoms with van der Waals surface area (Å²) >= 11 is 5.88. The molecule has 2 N–H and O–H groups in total. The summed E-state index contributed by atoms with van der Waals surface area (Å²) in [5, 5.41) is 0.690. The average molecular weight is 240 g/mol. The van der Waals surface area contributed by atoms with Gasteiger partial charge in [0.15, 0.2) is 0 Å². The molecule has 1 aliphatic rings. The number of aromatic nitrogens is 1. The van der Waals surface area contributed by atoms with Gasteiger partial charge in [-0.25, -0.2) is 0 Å². The first-order valence-electron chi connectivity index (χ1n) is 5.27. The molecular formula is C11H14ClN3O. The second-order valence-corrected chi connectivity index (χ2v) is 4.52. The zero-order valence-corrected chi connectivity index (χ0v) is 9.65. The Morgan fingerprint density at radius 1 is 1.69 bits per heavy atom. The van der Waals surface area contributed by atoms with Crippen LogP contribution in [0.4, 0.5) is 0 Å². The van der Waals surface area contributed by atoms with Crippen molar-refractivity contribution in [2.45, 2.75) is 13.0 Å². The monoisotopic (exact) mass is 239 g/mol. The molecule has 16 heavy (non-hydrogen) atoms. The average Bonchev–Trinajstić information content (AvgIpc) is 2.66. The second kappa shape index (κ2) is 4.80. The predicted molar refractivity (Wildman–Crippen MR) is 61.8 cm³/mol. The molecule has 1 fully saturated rings. The van der Waals surface area contributed by atoms with Crippen molar-refractivity contribution in [2.75, 3.05) is 13.1 Å². The lowest BCUT2D eigenvalue weighted by molar-refractivity contribution is -0.121. The van der Waals surface area contributed by atoms with Crippen molar-refractivity contribution in [1.82, 2.24) is 9.88 Å². The lowest BCUT2D eigenvalue weighted by Gasteiger charge is -2.14. The van der Waals surface area contributed by atoms with E-state index in [0.29, 0.717) is 5.02 Å². The van der Waals surface area contributed by atoms with Gasteiger partial charge in [-0.2, -0.15) is 0 Å². The number of nitrogens with two attached hydrogens (primary N) is 1. The first kappa shape index (κ1) is 11.4.